The summed E-state index contributed by atoms with van der Waals surface area (Å²) in [5.74, 6) is -0.984. The molecule has 1 N–H and O–H groups in total. The average molecular weight is 477 g/mol. The number of hydrogen-bond acceptors (Lipinski definition) is 6. The largest absolute Gasteiger partial charge is 0.357 e. The molecule has 0 fully saturated rings. The number of likely N-dealkylation sites (N-methyl/N-ethyl adjacent to an activating group) is 1. The molecule has 0 saturated carbocycles. The summed E-state index contributed by atoms with van der Waals surface area (Å²) in [6.45, 7) is 3.16. The van der Waals surface area contributed by atoms with Gasteiger partial charge < -0.3 is 10.2 Å². The number of nitro groups is 1. The molecule has 0 aliphatic rings. The summed E-state index contributed by atoms with van der Waals surface area (Å²) in [7, 11) is -2.50. The number of non-ortho nitro benzene ring substituents is 1. The smallest absolute Gasteiger partial charge is 0.271 e. The van der Waals surface area contributed by atoms with Gasteiger partial charge in [0.05, 0.1) is 16.9 Å². The van der Waals surface area contributed by atoms with Gasteiger partial charge in [-0.1, -0.05) is 42.8 Å². The number of aryl methyl sites for hydroxylation is 1. The first-order valence-electron chi connectivity index (χ1n) is 10.3. The molecule has 2 aromatic rings. The van der Waals surface area contributed by atoms with E-state index in [0.29, 0.717) is 6.42 Å². The minimum Gasteiger partial charge on any atom is -0.357 e. The Morgan fingerprint density at radius 2 is 1.79 bits per heavy atom. The minimum absolute atomic E-state index is 0.0108. The van der Waals surface area contributed by atoms with Gasteiger partial charge >= 0.3 is 0 Å². The zero-order chi connectivity index (χ0) is 24.8. The molecule has 0 aromatic heterocycles. The lowest BCUT2D eigenvalue weighted by Gasteiger charge is -2.32. The molecule has 2 amide bonds. The second-order valence-electron chi connectivity index (χ2n) is 7.59. The first-order valence-corrected chi connectivity index (χ1v) is 12.1. The molecule has 2 aromatic carbocycles. The van der Waals surface area contributed by atoms with Crippen LogP contribution in [-0.4, -0.2) is 55.9 Å². The van der Waals surface area contributed by atoms with Crippen LogP contribution in [0.1, 0.15) is 24.5 Å². The van der Waals surface area contributed by atoms with E-state index in [1.54, 1.807) is 6.92 Å². The van der Waals surface area contributed by atoms with E-state index in [2.05, 4.69) is 5.32 Å². The number of rotatable bonds is 10. The Morgan fingerprint density at radius 3 is 2.30 bits per heavy atom. The molecule has 0 aliphatic heterocycles. The highest BCUT2D eigenvalue weighted by atomic mass is 32.2. The Hall–Kier alpha value is -3.47. The van der Waals surface area contributed by atoms with Crippen LogP contribution in [0.3, 0.4) is 0 Å². The fourth-order valence-electron chi connectivity index (χ4n) is 3.35. The summed E-state index contributed by atoms with van der Waals surface area (Å²) in [4.78, 5) is 37.7. The van der Waals surface area contributed by atoms with Crippen molar-refractivity contribution >= 4 is 33.2 Å². The number of nitrogens with zero attached hydrogens (tertiary/aromatic N) is 3. The number of amides is 2. The summed E-state index contributed by atoms with van der Waals surface area (Å²) in [5, 5.41) is 13.7. The average Bonchev–Trinajstić information content (AvgIpc) is 2.77. The van der Waals surface area contributed by atoms with Gasteiger partial charge in [0.15, 0.2) is 0 Å². The van der Waals surface area contributed by atoms with Gasteiger partial charge in [-0.05, 0) is 25.0 Å². The third kappa shape index (κ3) is 6.75. The van der Waals surface area contributed by atoms with Gasteiger partial charge in [0.25, 0.3) is 5.69 Å². The zero-order valence-corrected chi connectivity index (χ0v) is 19.8. The summed E-state index contributed by atoms with van der Waals surface area (Å²) >= 11 is 0. The molecule has 0 bridgehead atoms. The lowest BCUT2D eigenvalue weighted by molar-refractivity contribution is -0.384. The van der Waals surface area contributed by atoms with Crippen molar-refractivity contribution in [3.63, 3.8) is 0 Å². The number of anilines is 1. The van der Waals surface area contributed by atoms with E-state index in [0.717, 1.165) is 27.8 Å². The molecule has 0 aliphatic carbocycles. The lowest BCUT2D eigenvalue weighted by Crippen LogP contribution is -2.51. The molecule has 0 saturated heterocycles. The normalized spacial score (nSPS) is 12.0. The third-order valence-corrected chi connectivity index (χ3v) is 6.25. The molecule has 0 radical (unpaired) electrons. The quantitative estimate of drug-likeness (QED) is 0.413. The van der Waals surface area contributed by atoms with E-state index in [9.17, 15) is 28.1 Å². The monoisotopic (exact) mass is 476 g/mol. The van der Waals surface area contributed by atoms with E-state index in [1.165, 1.54) is 30.1 Å². The Bertz CT molecular complexity index is 1120. The molecule has 0 spiro atoms. The number of benzene rings is 2. The van der Waals surface area contributed by atoms with E-state index in [4.69, 9.17) is 0 Å². The molecule has 10 nitrogen and oxygen atoms in total. The fraction of sp³-hybridized carbons (Fsp3) is 0.364. The van der Waals surface area contributed by atoms with Crippen LogP contribution >= 0.6 is 0 Å². The van der Waals surface area contributed by atoms with Crippen LogP contribution in [0.4, 0.5) is 11.4 Å². The first kappa shape index (κ1) is 25.8. The van der Waals surface area contributed by atoms with Crippen LogP contribution in [0.15, 0.2) is 48.5 Å². The maximum atomic E-state index is 13.4. The maximum absolute atomic E-state index is 13.4. The molecule has 2 rings (SSSR count). The second-order valence-corrected chi connectivity index (χ2v) is 9.50. The second kappa shape index (κ2) is 10.9. The fourth-order valence-corrected chi connectivity index (χ4v) is 4.19. The first-order chi connectivity index (χ1) is 15.5. The number of carbonyl (C=O) groups excluding carboxylic acids is 2. The Balaban J connectivity index is 2.45. The highest BCUT2D eigenvalue weighted by Gasteiger charge is 2.31. The van der Waals surface area contributed by atoms with Gasteiger partial charge in [-0.3, -0.25) is 24.0 Å². The van der Waals surface area contributed by atoms with Crippen LogP contribution in [0.5, 0.6) is 0 Å². The van der Waals surface area contributed by atoms with Gasteiger partial charge in [0.2, 0.25) is 21.8 Å². The molecule has 33 heavy (non-hydrogen) atoms. The molecular weight excluding hydrogens is 448 g/mol. The Labute approximate surface area is 193 Å². The van der Waals surface area contributed by atoms with Crippen molar-refractivity contribution in [3.05, 3.63) is 69.8 Å². The highest BCUT2D eigenvalue weighted by Crippen LogP contribution is 2.24. The molecule has 0 heterocycles. The Kier molecular flexibility index (Phi) is 8.52. The van der Waals surface area contributed by atoms with E-state index < -0.39 is 33.4 Å². The van der Waals surface area contributed by atoms with Gasteiger partial charge in [0.1, 0.15) is 12.6 Å². The van der Waals surface area contributed by atoms with Crippen LogP contribution in [0, 0.1) is 17.0 Å². The van der Waals surface area contributed by atoms with Gasteiger partial charge in [-0.15, -0.1) is 0 Å². The standard InChI is InChI=1S/C22H28N4O6S/c1-5-20(22(28)23-3)24(14-17-11-9-16(2)10-12-17)21(27)15-25(33(4,31)32)18-7-6-8-19(13-18)26(29)30/h6-13,20H,5,14-15H2,1-4H3,(H,23,28)/t20-/m0/s1. The lowest BCUT2D eigenvalue weighted by atomic mass is 10.1. The van der Waals surface area contributed by atoms with Crippen LogP contribution < -0.4 is 9.62 Å². The van der Waals surface area contributed by atoms with Crippen LogP contribution in [-0.2, 0) is 26.2 Å². The molecule has 1 atom stereocenters. The van der Waals surface area contributed by atoms with E-state index in [-0.39, 0.29) is 23.8 Å². The topological polar surface area (TPSA) is 130 Å². The molecular formula is C22H28N4O6S. The summed E-state index contributed by atoms with van der Waals surface area (Å²) in [6.07, 6.45) is 1.23. The molecule has 178 valence electrons. The predicted octanol–water partition coefficient (Wildman–Crippen LogP) is 2.22. The van der Waals surface area contributed by atoms with Crippen molar-refractivity contribution in [1.29, 1.82) is 0 Å². The van der Waals surface area contributed by atoms with E-state index in [1.807, 2.05) is 31.2 Å². The van der Waals surface area contributed by atoms with Crippen molar-refractivity contribution in [2.45, 2.75) is 32.9 Å². The maximum Gasteiger partial charge on any atom is 0.271 e. The predicted molar refractivity (Wildman–Crippen MR) is 125 cm³/mol. The van der Waals surface area contributed by atoms with Crippen molar-refractivity contribution in [1.82, 2.24) is 10.2 Å². The van der Waals surface area contributed by atoms with Gasteiger partial charge in [-0.2, -0.15) is 0 Å². The SMILES string of the molecule is CC[C@@H](C(=O)NC)N(Cc1ccc(C)cc1)C(=O)CN(c1cccc([N+](=O)[O-])c1)S(C)(=O)=O. The van der Waals surface area contributed by atoms with Crippen LogP contribution in [0.25, 0.3) is 0 Å². The van der Waals surface area contributed by atoms with Crippen LogP contribution in [0.2, 0.25) is 0 Å². The molecule has 0 unspecified atom stereocenters. The van der Waals surface area contributed by atoms with Gasteiger partial charge in [-0.25, -0.2) is 8.42 Å². The van der Waals surface area contributed by atoms with Crippen molar-refractivity contribution in [3.8, 4) is 0 Å². The zero-order valence-electron chi connectivity index (χ0n) is 19.0. The highest BCUT2D eigenvalue weighted by molar-refractivity contribution is 7.92. The summed E-state index contributed by atoms with van der Waals surface area (Å²) in [5.41, 5.74) is 1.49. The van der Waals surface area contributed by atoms with Crippen molar-refractivity contribution in [2.75, 3.05) is 24.2 Å². The third-order valence-electron chi connectivity index (χ3n) is 5.11. The summed E-state index contributed by atoms with van der Waals surface area (Å²) < 4.78 is 25.8. The minimum atomic E-state index is -3.96. The van der Waals surface area contributed by atoms with Gasteiger partial charge in [0, 0.05) is 25.7 Å². The molecule has 11 heteroatoms. The number of nitro benzene ring substituents is 1. The number of carbonyl (C=O) groups is 2. The number of hydrogen-bond donors (Lipinski definition) is 1. The van der Waals surface area contributed by atoms with Crippen molar-refractivity contribution < 1.29 is 22.9 Å². The van der Waals surface area contributed by atoms with E-state index >= 15 is 0 Å². The summed E-state index contributed by atoms with van der Waals surface area (Å²) in [6, 6.07) is 11.7. The number of nitrogens with one attached hydrogen (secondary N) is 1. The van der Waals surface area contributed by atoms with Crippen molar-refractivity contribution in [2.24, 2.45) is 0 Å². The Morgan fingerprint density at radius 1 is 1.15 bits per heavy atom. The number of sulfonamides is 1.